The number of nitrogens with zero attached hydrogens (tertiary/aromatic N) is 2. The van der Waals surface area contributed by atoms with E-state index >= 15 is 0 Å². The number of benzene rings is 2. The smallest absolute Gasteiger partial charge is 0.186 e. The molecule has 0 bridgehead atoms. The van der Waals surface area contributed by atoms with E-state index in [1.807, 2.05) is 60.7 Å². The van der Waals surface area contributed by atoms with E-state index < -0.39 is 0 Å². The van der Waals surface area contributed by atoms with Gasteiger partial charge < -0.3 is 9.73 Å². The number of fused-ring (bicyclic) bond motifs is 1. The molecule has 0 radical (unpaired) electrons. The van der Waals surface area contributed by atoms with Gasteiger partial charge in [-0.3, -0.25) is 9.20 Å². The molecule has 5 heteroatoms. The van der Waals surface area contributed by atoms with E-state index in [0.717, 1.165) is 33.8 Å². The van der Waals surface area contributed by atoms with Gasteiger partial charge in [0.1, 0.15) is 28.7 Å². The van der Waals surface area contributed by atoms with Crippen LogP contribution < -0.4 is 10.7 Å². The summed E-state index contributed by atoms with van der Waals surface area (Å²) < 4.78 is 8.26. The third-order valence-corrected chi connectivity index (χ3v) is 6.74. The molecule has 0 aliphatic heterocycles. The largest absolute Gasteiger partial charge is 0.456 e. The molecule has 6 rings (SSSR count). The Morgan fingerprint density at radius 1 is 0.771 bits per heavy atom. The predicted octanol–water partition coefficient (Wildman–Crippen LogP) is 7.03. The SMILES string of the molecule is O=c1cc(-c2ccccc2)oc(-c2ccc(-c3nc4ccccn4c3NC3CCCCC3)cc2)c1. The van der Waals surface area contributed by atoms with Crippen molar-refractivity contribution < 1.29 is 4.42 Å². The quantitative estimate of drug-likeness (QED) is 0.305. The van der Waals surface area contributed by atoms with Crippen molar-refractivity contribution in [2.45, 2.75) is 38.1 Å². The van der Waals surface area contributed by atoms with Crippen molar-refractivity contribution in [2.24, 2.45) is 0 Å². The van der Waals surface area contributed by atoms with Gasteiger partial charge in [0.15, 0.2) is 5.43 Å². The summed E-state index contributed by atoms with van der Waals surface area (Å²) in [4.78, 5) is 17.3. The van der Waals surface area contributed by atoms with Crippen LogP contribution in [0.5, 0.6) is 0 Å². The zero-order chi connectivity index (χ0) is 23.6. The lowest BCUT2D eigenvalue weighted by Crippen LogP contribution is -2.23. The van der Waals surface area contributed by atoms with Gasteiger partial charge in [-0.05, 0) is 25.0 Å². The summed E-state index contributed by atoms with van der Waals surface area (Å²) >= 11 is 0. The van der Waals surface area contributed by atoms with Crippen LogP contribution in [0, 0.1) is 0 Å². The van der Waals surface area contributed by atoms with Crippen LogP contribution in [-0.2, 0) is 0 Å². The van der Waals surface area contributed by atoms with Crippen LogP contribution >= 0.6 is 0 Å². The van der Waals surface area contributed by atoms with Crippen molar-refractivity contribution >= 4 is 11.5 Å². The number of aromatic nitrogens is 2. The van der Waals surface area contributed by atoms with E-state index in [1.54, 1.807) is 6.07 Å². The minimum absolute atomic E-state index is 0.0755. The van der Waals surface area contributed by atoms with Crippen molar-refractivity contribution in [2.75, 3.05) is 5.32 Å². The van der Waals surface area contributed by atoms with Gasteiger partial charge in [-0.2, -0.15) is 0 Å². The second-order valence-electron chi connectivity index (χ2n) is 9.18. The molecule has 0 amide bonds. The molecule has 3 heterocycles. The zero-order valence-corrected chi connectivity index (χ0v) is 19.5. The lowest BCUT2D eigenvalue weighted by molar-refractivity contribution is 0.462. The predicted molar refractivity (Wildman–Crippen MR) is 141 cm³/mol. The van der Waals surface area contributed by atoms with Crippen LogP contribution in [0.3, 0.4) is 0 Å². The second kappa shape index (κ2) is 9.26. The van der Waals surface area contributed by atoms with Gasteiger partial charge in [-0.15, -0.1) is 0 Å². The van der Waals surface area contributed by atoms with E-state index in [9.17, 15) is 4.79 Å². The molecular weight excluding hydrogens is 434 g/mol. The molecule has 2 aromatic carbocycles. The Morgan fingerprint density at radius 2 is 1.43 bits per heavy atom. The molecule has 35 heavy (non-hydrogen) atoms. The molecule has 174 valence electrons. The summed E-state index contributed by atoms with van der Waals surface area (Å²) in [5.41, 5.74) is 4.55. The summed E-state index contributed by atoms with van der Waals surface area (Å²) in [5, 5.41) is 3.79. The fourth-order valence-corrected chi connectivity index (χ4v) is 4.93. The van der Waals surface area contributed by atoms with Gasteiger partial charge in [0.2, 0.25) is 0 Å². The minimum Gasteiger partial charge on any atom is -0.456 e. The van der Waals surface area contributed by atoms with E-state index in [2.05, 4.69) is 28.0 Å². The number of hydrogen-bond donors (Lipinski definition) is 1. The van der Waals surface area contributed by atoms with Gasteiger partial charge >= 0.3 is 0 Å². The summed E-state index contributed by atoms with van der Waals surface area (Å²) in [6, 6.07) is 27.4. The molecular formula is C30H27N3O2. The van der Waals surface area contributed by atoms with Crippen molar-refractivity contribution in [3.63, 3.8) is 0 Å². The minimum atomic E-state index is -0.0755. The number of nitrogens with one attached hydrogen (secondary N) is 1. The zero-order valence-electron chi connectivity index (χ0n) is 19.5. The standard InChI is InChI=1S/C30H27N3O2/c34-25-19-26(21-9-3-1-4-10-21)35-27(20-25)22-14-16-23(17-15-22)29-30(31-24-11-5-2-6-12-24)33-18-8-7-13-28(33)32-29/h1,3-4,7-10,13-20,24,31H,2,5-6,11-12H2. The molecule has 1 saturated carbocycles. The topological polar surface area (TPSA) is 59.5 Å². The molecule has 3 aromatic heterocycles. The molecule has 0 unspecified atom stereocenters. The van der Waals surface area contributed by atoms with Crippen molar-refractivity contribution in [3.05, 3.63) is 101 Å². The summed E-state index contributed by atoms with van der Waals surface area (Å²) in [6.07, 6.45) is 8.30. The van der Waals surface area contributed by atoms with E-state index in [-0.39, 0.29) is 5.43 Å². The molecule has 5 nitrogen and oxygen atoms in total. The van der Waals surface area contributed by atoms with Crippen LogP contribution in [-0.4, -0.2) is 15.4 Å². The number of hydrogen-bond acceptors (Lipinski definition) is 4. The first-order chi connectivity index (χ1) is 17.2. The first-order valence-corrected chi connectivity index (χ1v) is 12.3. The molecule has 1 aliphatic rings. The Balaban J connectivity index is 1.36. The van der Waals surface area contributed by atoms with E-state index in [0.29, 0.717) is 17.6 Å². The highest BCUT2D eigenvalue weighted by Gasteiger charge is 2.19. The third kappa shape index (κ3) is 4.37. The fourth-order valence-electron chi connectivity index (χ4n) is 4.93. The first-order valence-electron chi connectivity index (χ1n) is 12.3. The number of anilines is 1. The molecule has 0 saturated heterocycles. The Hall–Kier alpha value is -4.12. The van der Waals surface area contributed by atoms with Gasteiger partial charge in [-0.25, -0.2) is 4.98 Å². The Kier molecular flexibility index (Phi) is 5.67. The summed E-state index contributed by atoms with van der Waals surface area (Å²) in [6.45, 7) is 0. The van der Waals surface area contributed by atoms with Gasteiger partial charge in [-0.1, -0.05) is 79.9 Å². The maximum atomic E-state index is 12.4. The van der Waals surface area contributed by atoms with E-state index in [1.165, 1.54) is 38.2 Å². The van der Waals surface area contributed by atoms with Crippen molar-refractivity contribution in [3.8, 4) is 33.9 Å². The monoisotopic (exact) mass is 461 g/mol. The Bertz CT molecular complexity index is 1510. The lowest BCUT2D eigenvalue weighted by atomic mass is 9.95. The number of imidazole rings is 1. The third-order valence-electron chi connectivity index (χ3n) is 6.74. The average molecular weight is 462 g/mol. The highest BCUT2D eigenvalue weighted by atomic mass is 16.3. The number of rotatable bonds is 5. The molecule has 1 N–H and O–H groups in total. The molecule has 0 spiro atoms. The van der Waals surface area contributed by atoms with Crippen molar-refractivity contribution in [1.82, 2.24) is 9.38 Å². The van der Waals surface area contributed by atoms with Crippen LogP contribution in [0.25, 0.3) is 39.6 Å². The van der Waals surface area contributed by atoms with Crippen LogP contribution in [0.1, 0.15) is 32.1 Å². The van der Waals surface area contributed by atoms with Crippen LogP contribution in [0.15, 0.2) is 100 Å². The molecule has 5 aromatic rings. The normalized spacial score (nSPS) is 14.3. The number of pyridine rings is 1. The Labute approximate surface area is 204 Å². The maximum Gasteiger partial charge on any atom is 0.186 e. The maximum absolute atomic E-state index is 12.4. The first kappa shape index (κ1) is 21.4. The van der Waals surface area contributed by atoms with Gasteiger partial charge in [0, 0.05) is 41.1 Å². The lowest BCUT2D eigenvalue weighted by Gasteiger charge is -2.24. The highest BCUT2D eigenvalue weighted by molar-refractivity contribution is 5.78. The highest BCUT2D eigenvalue weighted by Crippen LogP contribution is 2.33. The molecule has 0 atom stereocenters. The molecule has 1 fully saturated rings. The van der Waals surface area contributed by atoms with E-state index in [4.69, 9.17) is 9.40 Å². The fraction of sp³-hybridized carbons (Fsp3) is 0.200. The average Bonchev–Trinajstić information content (AvgIpc) is 3.28. The van der Waals surface area contributed by atoms with Gasteiger partial charge in [0.05, 0.1) is 0 Å². The van der Waals surface area contributed by atoms with Crippen LogP contribution in [0.4, 0.5) is 5.82 Å². The Morgan fingerprint density at radius 3 is 2.17 bits per heavy atom. The summed E-state index contributed by atoms with van der Waals surface area (Å²) in [5.74, 6) is 2.16. The second-order valence-corrected chi connectivity index (χ2v) is 9.18. The van der Waals surface area contributed by atoms with Gasteiger partial charge in [0.25, 0.3) is 0 Å². The van der Waals surface area contributed by atoms with Crippen LogP contribution in [0.2, 0.25) is 0 Å². The summed E-state index contributed by atoms with van der Waals surface area (Å²) in [7, 11) is 0. The van der Waals surface area contributed by atoms with Crippen molar-refractivity contribution in [1.29, 1.82) is 0 Å². The molecule has 1 aliphatic carbocycles.